The molecule has 130 valence electrons. The minimum absolute atomic E-state index is 0.217. The van der Waals surface area contributed by atoms with E-state index in [1.807, 2.05) is 6.92 Å². The Balaban J connectivity index is 1.87. The zero-order chi connectivity index (χ0) is 16.9. The van der Waals surface area contributed by atoms with Gasteiger partial charge in [0.2, 0.25) is 5.91 Å². The van der Waals surface area contributed by atoms with Gasteiger partial charge in [-0.3, -0.25) is 24.1 Å². The molecule has 3 amide bonds. The van der Waals surface area contributed by atoms with Crippen molar-refractivity contribution in [2.45, 2.75) is 26.2 Å². The molecule has 23 heavy (non-hydrogen) atoms. The van der Waals surface area contributed by atoms with E-state index < -0.39 is 0 Å². The Morgan fingerprint density at radius 1 is 1.04 bits per heavy atom. The summed E-state index contributed by atoms with van der Waals surface area (Å²) in [6.07, 6.45) is 4.61. The molecule has 0 saturated heterocycles. The molecule has 0 aliphatic carbocycles. The molecule has 0 fully saturated rings. The van der Waals surface area contributed by atoms with Crippen LogP contribution in [-0.2, 0) is 28.7 Å². The number of hydrogen-bond donors (Lipinski definition) is 1. The third-order valence-corrected chi connectivity index (χ3v) is 2.99. The van der Waals surface area contributed by atoms with Gasteiger partial charge >= 0.3 is 0 Å². The van der Waals surface area contributed by atoms with Crippen LogP contribution in [0, 0.1) is 0 Å². The molecular formula is C15H24N2O6. The van der Waals surface area contributed by atoms with Gasteiger partial charge in [-0.25, -0.2) is 5.48 Å². The summed E-state index contributed by atoms with van der Waals surface area (Å²) >= 11 is 0. The van der Waals surface area contributed by atoms with Gasteiger partial charge < -0.3 is 9.47 Å². The highest BCUT2D eigenvalue weighted by molar-refractivity contribution is 6.12. The minimum Gasteiger partial charge on any atom is -0.379 e. The molecule has 1 N–H and O–H groups in total. The fourth-order valence-electron chi connectivity index (χ4n) is 1.69. The van der Waals surface area contributed by atoms with E-state index in [1.165, 1.54) is 12.2 Å². The summed E-state index contributed by atoms with van der Waals surface area (Å²) in [5.41, 5.74) is 2.34. The second-order valence-corrected chi connectivity index (χ2v) is 4.86. The number of amides is 3. The van der Waals surface area contributed by atoms with E-state index in [-0.39, 0.29) is 43.9 Å². The van der Waals surface area contributed by atoms with Gasteiger partial charge in [0.25, 0.3) is 11.8 Å². The molecule has 1 aliphatic heterocycles. The summed E-state index contributed by atoms with van der Waals surface area (Å²) in [5, 5.41) is 0. The zero-order valence-electron chi connectivity index (χ0n) is 13.4. The van der Waals surface area contributed by atoms with Crippen molar-refractivity contribution in [3.63, 3.8) is 0 Å². The molecule has 0 unspecified atom stereocenters. The maximum atomic E-state index is 11.3. The standard InChI is InChI=1S/C15H24N2O6/c1-2-3-8-23-16-13(18)6-9-21-11-12-22-10-7-17-14(19)4-5-15(17)20/h4-5H,2-3,6-12H2,1H3,(H,16,18). The lowest BCUT2D eigenvalue weighted by atomic mass is 10.4. The van der Waals surface area contributed by atoms with E-state index in [2.05, 4.69) is 5.48 Å². The van der Waals surface area contributed by atoms with Crippen LogP contribution in [0.4, 0.5) is 0 Å². The first-order chi connectivity index (χ1) is 11.1. The number of hydrogen-bond acceptors (Lipinski definition) is 6. The van der Waals surface area contributed by atoms with Crippen LogP contribution in [0.15, 0.2) is 12.2 Å². The molecule has 0 spiro atoms. The molecule has 0 radical (unpaired) electrons. The summed E-state index contributed by atoms with van der Waals surface area (Å²) in [6.45, 7) is 3.98. The molecule has 1 aliphatic rings. The summed E-state index contributed by atoms with van der Waals surface area (Å²) in [6, 6.07) is 0. The number of hydroxylamine groups is 1. The van der Waals surface area contributed by atoms with Gasteiger partial charge in [-0.05, 0) is 6.42 Å². The number of imide groups is 1. The van der Waals surface area contributed by atoms with E-state index in [1.54, 1.807) is 0 Å². The molecule has 0 bridgehead atoms. The van der Waals surface area contributed by atoms with Crippen LogP contribution in [0.1, 0.15) is 26.2 Å². The van der Waals surface area contributed by atoms with Gasteiger partial charge in [0.1, 0.15) is 0 Å². The van der Waals surface area contributed by atoms with Crippen LogP contribution < -0.4 is 5.48 Å². The van der Waals surface area contributed by atoms with E-state index in [4.69, 9.17) is 14.3 Å². The molecule has 0 saturated carbocycles. The number of carbonyl (C=O) groups is 3. The number of carbonyl (C=O) groups excluding carboxylic acids is 3. The highest BCUT2D eigenvalue weighted by Crippen LogP contribution is 2.02. The third kappa shape index (κ3) is 8.44. The Kier molecular flexibility index (Phi) is 9.85. The SMILES string of the molecule is CCCCONC(=O)CCOCCOCCN1C(=O)C=CC1=O. The number of unbranched alkanes of at least 4 members (excludes halogenated alkanes) is 1. The zero-order valence-corrected chi connectivity index (χ0v) is 13.4. The number of nitrogens with one attached hydrogen (secondary N) is 1. The molecule has 0 atom stereocenters. The Bertz CT molecular complexity index is 406. The lowest BCUT2D eigenvalue weighted by Crippen LogP contribution is -2.33. The van der Waals surface area contributed by atoms with Crippen LogP contribution >= 0.6 is 0 Å². The highest BCUT2D eigenvalue weighted by Gasteiger charge is 2.22. The van der Waals surface area contributed by atoms with E-state index >= 15 is 0 Å². The first kappa shape index (κ1) is 19.3. The normalized spacial score (nSPS) is 13.9. The fraction of sp³-hybridized carbons (Fsp3) is 0.667. The van der Waals surface area contributed by atoms with Crippen molar-refractivity contribution in [2.24, 2.45) is 0 Å². The van der Waals surface area contributed by atoms with Gasteiger partial charge in [0.15, 0.2) is 0 Å². The smallest absolute Gasteiger partial charge is 0.253 e. The average Bonchev–Trinajstić information content (AvgIpc) is 2.85. The predicted molar refractivity (Wildman–Crippen MR) is 81.1 cm³/mol. The van der Waals surface area contributed by atoms with Crippen LogP contribution in [0.25, 0.3) is 0 Å². The van der Waals surface area contributed by atoms with Gasteiger partial charge in [0, 0.05) is 12.2 Å². The van der Waals surface area contributed by atoms with Crippen molar-refractivity contribution in [3.05, 3.63) is 12.2 Å². The number of rotatable bonds is 13. The van der Waals surface area contributed by atoms with Crippen molar-refractivity contribution in [1.82, 2.24) is 10.4 Å². The van der Waals surface area contributed by atoms with Crippen molar-refractivity contribution in [3.8, 4) is 0 Å². The van der Waals surface area contributed by atoms with E-state index in [0.717, 1.165) is 17.7 Å². The van der Waals surface area contributed by atoms with Crippen molar-refractivity contribution < 1.29 is 28.7 Å². The second-order valence-electron chi connectivity index (χ2n) is 4.86. The first-order valence-corrected chi connectivity index (χ1v) is 7.74. The molecule has 8 heteroatoms. The van der Waals surface area contributed by atoms with Crippen LogP contribution in [0.3, 0.4) is 0 Å². The van der Waals surface area contributed by atoms with Gasteiger partial charge in [0.05, 0.1) is 46.0 Å². The largest absolute Gasteiger partial charge is 0.379 e. The van der Waals surface area contributed by atoms with Crippen LogP contribution in [0.5, 0.6) is 0 Å². The number of nitrogens with zero attached hydrogens (tertiary/aromatic N) is 1. The molecule has 1 rings (SSSR count). The maximum Gasteiger partial charge on any atom is 0.253 e. The quantitative estimate of drug-likeness (QED) is 0.294. The second kappa shape index (κ2) is 11.8. The lowest BCUT2D eigenvalue weighted by molar-refractivity contribution is -0.137. The summed E-state index contributed by atoms with van der Waals surface area (Å²) in [4.78, 5) is 39.9. The van der Waals surface area contributed by atoms with Crippen molar-refractivity contribution >= 4 is 17.7 Å². The molecule has 8 nitrogen and oxygen atoms in total. The highest BCUT2D eigenvalue weighted by atomic mass is 16.6. The molecule has 1 heterocycles. The molecule has 0 aromatic carbocycles. The van der Waals surface area contributed by atoms with Gasteiger partial charge in [-0.15, -0.1) is 0 Å². The Morgan fingerprint density at radius 3 is 2.35 bits per heavy atom. The van der Waals surface area contributed by atoms with Crippen molar-refractivity contribution in [2.75, 3.05) is 39.6 Å². The minimum atomic E-state index is -0.318. The molecule has 0 aromatic rings. The van der Waals surface area contributed by atoms with Crippen molar-refractivity contribution in [1.29, 1.82) is 0 Å². The topological polar surface area (TPSA) is 94.2 Å². The molecule has 0 aromatic heterocycles. The number of ether oxygens (including phenoxy) is 2. The average molecular weight is 328 g/mol. The van der Waals surface area contributed by atoms with E-state index in [0.29, 0.717) is 19.8 Å². The Labute approximate surface area is 135 Å². The fourth-order valence-corrected chi connectivity index (χ4v) is 1.69. The summed E-state index contributed by atoms with van der Waals surface area (Å²) in [5.74, 6) is -0.857. The van der Waals surface area contributed by atoms with Gasteiger partial charge in [-0.2, -0.15) is 0 Å². The Morgan fingerprint density at radius 2 is 1.70 bits per heavy atom. The lowest BCUT2D eigenvalue weighted by Gasteiger charge is -2.13. The maximum absolute atomic E-state index is 11.3. The molecular weight excluding hydrogens is 304 g/mol. The predicted octanol–water partition coefficient (Wildman–Crippen LogP) is 0.183. The van der Waals surface area contributed by atoms with E-state index in [9.17, 15) is 14.4 Å². The Hall–Kier alpha value is -1.77. The van der Waals surface area contributed by atoms with Crippen LogP contribution in [0.2, 0.25) is 0 Å². The van der Waals surface area contributed by atoms with Crippen LogP contribution in [-0.4, -0.2) is 62.2 Å². The first-order valence-electron chi connectivity index (χ1n) is 7.74. The third-order valence-electron chi connectivity index (χ3n) is 2.99. The summed E-state index contributed by atoms with van der Waals surface area (Å²) in [7, 11) is 0. The monoisotopic (exact) mass is 328 g/mol. The van der Waals surface area contributed by atoms with Gasteiger partial charge in [-0.1, -0.05) is 13.3 Å². The summed E-state index contributed by atoms with van der Waals surface area (Å²) < 4.78 is 10.5.